The van der Waals surface area contributed by atoms with Crippen molar-refractivity contribution in [2.75, 3.05) is 7.05 Å². The van der Waals surface area contributed by atoms with Gasteiger partial charge in [-0.15, -0.1) is 0 Å². The van der Waals surface area contributed by atoms with Gasteiger partial charge >= 0.3 is 0 Å². The first-order valence-corrected chi connectivity index (χ1v) is 4.93. The fourth-order valence-electron chi connectivity index (χ4n) is 1.02. The Hall–Kier alpha value is -0.730. The van der Waals surface area contributed by atoms with E-state index in [1.165, 1.54) is 0 Å². The molecule has 0 spiro atoms. The van der Waals surface area contributed by atoms with Gasteiger partial charge in [0.15, 0.2) is 5.75 Å². The largest absolute Gasteiger partial charge is 0.482 e. The zero-order valence-corrected chi connectivity index (χ0v) is 9.51. The van der Waals surface area contributed by atoms with Gasteiger partial charge in [-0.3, -0.25) is 4.99 Å². The molecule has 1 atom stereocenters. The summed E-state index contributed by atoms with van der Waals surface area (Å²) < 4.78 is 5.50. The Balaban J connectivity index is 2.85. The monoisotopic (exact) mass is 231 g/mol. The number of para-hydroxylation sites is 1. The van der Waals surface area contributed by atoms with Crippen LogP contribution >= 0.6 is 23.2 Å². The molecule has 0 aliphatic heterocycles. The van der Waals surface area contributed by atoms with E-state index in [0.717, 1.165) is 0 Å². The van der Waals surface area contributed by atoms with Crippen LogP contribution in [0.3, 0.4) is 0 Å². The Kier molecular flexibility index (Phi) is 4.23. The van der Waals surface area contributed by atoms with E-state index in [4.69, 9.17) is 27.9 Å². The van der Waals surface area contributed by atoms with Crippen molar-refractivity contribution in [1.82, 2.24) is 0 Å². The van der Waals surface area contributed by atoms with E-state index in [-0.39, 0.29) is 6.10 Å². The number of hydrogen-bond acceptors (Lipinski definition) is 2. The fourth-order valence-corrected chi connectivity index (χ4v) is 1.51. The molecule has 1 aromatic carbocycles. The molecule has 2 nitrogen and oxygen atoms in total. The number of ether oxygens (including phenoxy) is 1. The number of halogens is 2. The average molecular weight is 232 g/mol. The van der Waals surface area contributed by atoms with Crippen LogP contribution in [0.15, 0.2) is 23.2 Å². The second kappa shape index (κ2) is 5.23. The standard InChI is InChI=1S/C10H11Cl2NO/c1-7(6-13-2)14-10-8(11)4-3-5-9(10)12/h3-7H,1-2H3/b13-6+. The Morgan fingerprint density at radius 1 is 1.36 bits per heavy atom. The molecule has 4 heteroatoms. The van der Waals surface area contributed by atoms with Gasteiger partial charge < -0.3 is 4.74 Å². The van der Waals surface area contributed by atoms with Gasteiger partial charge in [0.2, 0.25) is 0 Å². The third-order valence-electron chi connectivity index (χ3n) is 1.58. The summed E-state index contributed by atoms with van der Waals surface area (Å²) in [5.74, 6) is 0.503. The molecule has 0 amide bonds. The molecular formula is C10H11Cl2NO. The lowest BCUT2D eigenvalue weighted by Gasteiger charge is -2.12. The SMILES string of the molecule is C/N=C/C(C)Oc1c(Cl)cccc1Cl. The van der Waals surface area contributed by atoms with Crippen LogP contribution in [0.1, 0.15) is 6.92 Å². The van der Waals surface area contributed by atoms with Crippen molar-refractivity contribution in [3.8, 4) is 5.75 Å². The highest BCUT2D eigenvalue weighted by Gasteiger charge is 2.08. The van der Waals surface area contributed by atoms with E-state index < -0.39 is 0 Å². The molecule has 1 aromatic rings. The quantitative estimate of drug-likeness (QED) is 0.731. The third kappa shape index (κ3) is 2.89. The van der Waals surface area contributed by atoms with E-state index in [2.05, 4.69) is 4.99 Å². The molecular weight excluding hydrogens is 221 g/mol. The van der Waals surface area contributed by atoms with Gasteiger partial charge in [-0.2, -0.15) is 0 Å². The molecule has 0 heterocycles. The van der Waals surface area contributed by atoms with E-state index in [9.17, 15) is 0 Å². The van der Waals surface area contributed by atoms with Gasteiger partial charge in [0.1, 0.15) is 6.10 Å². The summed E-state index contributed by atoms with van der Waals surface area (Å²) in [5.41, 5.74) is 0. The van der Waals surface area contributed by atoms with Crippen LogP contribution in [0.25, 0.3) is 0 Å². The Morgan fingerprint density at radius 2 is 1.93 bits per heavy atom. The highest BCUT2D eigenvalue weighted by molar-refractivity contribution is 6.37. The van der Waals surface area contributed by atoms with Gasteiger partial charge in [-0.25, -0.2) is 0 Å². The lowest BCUT2D eigenvalue weighted by molar-refractivity contribution is 0.292. The van der Waals surface area contributed by atoms with Crippen LogP contribution < -0.4 is 4.74 Å². The minimum Gasteiger partial charge on any atom is -0.482 e. The molecule has 0 aromatic heterocycles. The van der Waals surface area contributed by atoms with Crippen molar-refractivity contribution < 1.29 is 4.74 Å². The molecule has 0 fully saturated rings. The average Bonchev–Trinajstić information content (AvgIpc) is 2.12. The van der Waals surface area contributed by atoms with Crippen LogP contribution in [0.2, 0.25) is 10.0 Å². The number of rotatable bonds is 3. The number of aliphatic imine (C=N–C) groups is 1. The highest BCUT2D eigenvalue weighted by Crippen LogP contribution is 2.32. The lowest BCUT2D eigenvalue weighted by Crippen LogP contribution is -2.13. The van der Waals surface area contributed by atoms with Gasteiger partial charge in [-0.05, 0) is 19.1 Å². The zero-order valence-electron chi connectivity index (χ0n) is 8.00. The summed E-state index contributed by atoms with van der Waals surface area (Å²) in [6, 6.07) is 5.24. The minimum absolute atomic E-state index is 0.141. The summed E-state index contributed by atoms with van der Waals surface area (Å²) >= 11 is 11.8. The Bertz CT molecular complexity index is 319. The Labute approximate surface area is 93.5 Å². The van der Waals surface area contributed by atoms with Crippen molar-refractivity contribution in [2.24, 2.45) is 4.99 Å². The smallest absolute Gasteiger partial charge is 0.157 e. The van der Waals surface area contributed by atoms with E-state index in [0.29, 0.717) is 15.8 Å². The Morgan fingerprint density at radius 3 is 2.43 bits per heavy atom. The van der Waals surface area contributed by atoms with Crippen molar-refractivity contribution >= 4 is 29.4 Å². The molecule has 1 rings (SSSR count). The summed E-state index contributed by atoms with van der Waals surface area (Å²) in [6.45, 7) is 1.87. The predicted molar refractivity (Wildman–Crippen MR) is 61.0 cm³/mol. The minimum atomic E-state index is -0.141. The maximum Gasteiger partial charge on any atom is 0.157 e. The second-order valence-corrected chi connectivity index (χ2v) is 3.60. The van der Waals surface area contributed by atoms with Crippen LogP contribution in [0.4, 0.5) is 0 Å². The van der Waals surface area contributed by atoms with Gasteiger partial charge in [0, 0.05) is 13.3 Å². The molecule has 0 aliphatic carbocycles. The molecule has 14 heavy (non-hydrogen) atoms. The van der Waals surface area contributed by atoms with E-state index in [1.807, 2.05) is 6.92 Å². The summed E-state index contributed by atoms with van der Waals surface area (Å²) in [5, 5.41) is 1.02. The molecule has 0 saturated heterocycles. The number of nitrogens with zero attached hydrogens (tertiary/aromatic N) is 1. The van der Waals surface area contributed by atoms with Crippen LogP contribution in [0.5, 0.6) is 5.75 Å². The molecule has 1 unspecified atom stereocenters. The first kappa shape index (κ1) is 11.3. The normalized spacial score (nSPS) is 13.1. The van der Waals surface area contributed by atoms with Gasteiger partial charge in [-0.1, -0.05) is 29.3 Å². The second-order valence-electron chi connectivity index (χ2n) is 2.78. The van der Waals surface area contributed by atoms with Crippen molar-refractivity contribution in [3.63, 3.8) is 0 Å². The number of benzene rings is 1. The molecule has 0 aliphatic rings. The van der Waals surface area contributed by atoms with Crippen molar-refractivity contribution in [1.29, 1.82) is 0 Å². The topological polar surface area (TPSA) is 21.6 Å². The van der Waals surface area contributed by atoms with Crippen LogP contribution in [0, 0.1) is 0 Å². The zero-order chi connectivity index (χ0) is 10.6. The van der Waals surface area contributed by atoms with E-state index in [1.54, 1.807) is 31.5 Å². The molecule has 0 bridgehead atoms. The molecule has 0 N–H and O–H groups in total. The maximum atomic E-state index is 5.92. The van der Waals surface area contributed by atoms with Crippen molar-refractivity contribution in [2.45, 2.75) is 13.0 Å². The summed E-state index contributed by atoms with van der Waals surface area (Å²) in [6.07, 6.45) is 1.54. The highest BCUT2D eigenvalue weighted by atomic mass is 35.5. The predicted octanol–water partition coefficient (Wildman–Crippen LogP) is 3.46. The summed E-state index contributed by atoms with van der Waals surface area (Å²) in [7, 11) is 1.69. The first-order chi connectivity index (χ1) is 6.65. The van der Waals surface area contributed by atoms with Crippen molar-refractivity contribution in [3.05, 3.63) is 28.2 Å². The first-order valence-electron chi connectivity index (χ1n) is 4.18. The fraction of sp³-hybridized carbons (Fsp3) is 0.300. The van der Waals surface area contributed by atoms with Gasteiger partial charge in [0.25, 0.3) is 0 Å². The maximum absolute atomic E-state index is 5.92. The molecule has 76 valence electrons. The summed E-state index contributed by atoms with van der Waals surface area (Å²) in [4.78, 5) is 3.85. The lowest BCUT2D eigenvalue weighted by atomic mass is 10.3. The van der Waals surface area contributed by atoms with E-state index >= 15 is 0 Å². The number of hydrogen-bond donors (Lipinski definition) is 0. The van der Waals surface area contributed by atoms with Crippen LogP contribution in [-0.4, -0.2) is 19.4 Å². The van der Waals surface area contributed by atoms with Crippen LogP contribution in [-0.2, 0) is 0 Å². The molecule has 0 radical (unpaired) electrons. The third-order valence-corrected chi connectivity index (χ3v) is 2.18. The molecule has 0 saturated carbocycles. The van der Waals surface area contributed by atoms with Gasteiger partial charge in [0.05, 0.1) is 10.0 Å².